The lowest BCUT2D eigenvalue weighted by molar-refractivity contribution is 0.0316. The van der Waals surface area contributed by atoms with Gasteiger partial charge in [-0.1, -0.05) is 33.1 Å². The third-order valence-corrected chi connectivity index (χ3v) is 7.21. The second-order valence-corrected chi connectivity index (χ2v) is 8.30. The van der Waals surface area contributed by atoms with E-state index in [0.29, 0.717) is 5.54 Å². The largest absolute Gasteiger partial charge is 0.315 e. The fourth-order valence-electron chi connectivity index (χ4n) is 5.81. The molecule has 0 bridgehead atoms. The quantitative estimate of drug-likeness (QED) is 0.841. The van der Waals surface area contributed by atoms with E-state index in [1.165, 1.54) is 70.9 Å². The lowest BCUT2D eigenvalue weighted by atomic mass is 9.68. The fraction of sp³-hybridized carbons (Fsp3) is 1.00. The molecule has 3 fully saturated rings. The SMILES string of the molecule is CNC(C1CCC(C)C(C)C1)C1(N2CCCC2)CCCC1. The van der Waals surface area contributed by atoms with E-state index in [0.717, 1.165) is 23.8 Å². The van der Waals surface area contributed by atoms with Crippen molar-refractivity contribution in [2.75, 3.05) is 20.1 Å². The molecule has 2 heteroatoms. The fourth-order valence-corrected chi connectivity index (χ4v) is 5.81. The van der Waals surface area contributed by atoms with Crippen LogP contribution in [0, 0.1) is 17.8 Å². The van der Waals surface area contributed by atoms with E-state index in [-0.39, 0.29) is 0 Å². The maximum absolute atomic E-state index is 3.83. The molecule has 1 heterocycles. The molecule has 2 saturated carbocycles. The van der Waals surface area contributed by atoms with Crippen LogP contribution in [0.4, 0.5) is 0 Å². The van der Waals surface area contributed by atoms with Gasteiger partial charge in [-0.3, -0.25) is 4.90 Å². The van der Waals surface area contributed by atoms with Crippen molar-refractivity contribution in [3.8, 4) is 0 Å². The average molecular weight is 293 g/mol. The van der Waals surface area contributed by atoms with E-state index >= 15 is 0 Å². The Balaban J connectivity index is 1.79. The summed E-state index contributed by atoms with van der Waals surface area (Å²) >= 11 is 0. The molecule has 0 aromatic rings. The third-order valence-electron chi connectivity index (χ3n) is 7.21. The summed E-state index contributed by atoms with van der Waals surface area (Å²) in [6.45, 7) is 7.66. The molecular formula is C19H36N2. The molecule has 4 unspecified atom stereocenters. The summed E-state index contributed by atoms with van der Waals surface area (Å²) in [5.74, 6) is 2.75. The van der Waals surface area contributed by atoms with Crippen LogP contribution in [-0.4, -0.2) is 36.6 Å². The molecule has 2 aliphatic carbocycles. The van der Waals surface area contributed by atoms with Gasteiger partial charge in [-0.05, 0) is 76.4 Å². The molecule has 0 radical (unpaired) electrons. The van der Waals surface area contributed by atoms with Crippen LogP contribution in [0.25, 0.3) is 0 Å². The summed E-state index contributed by atoms with van der Waals surface area (Å²) in [6, 6.07) is 0.730. The molecule has 3 aliphatic rings. The summed E-state index contributed by atoms with van der Waals surface area (Å²) in [6.07, 6.45) is 13.0. The Hall–Kier alpha value is -0.0800. The van der Waals surface area contributed by atoms with Gasteiger partial charge in [-0.2, -0.15) is 0 Å². The highest BCUT2D eigenvalue weighted by Crippen LogP contribution is 2.46. The number of likely N-dealkylation sites (N-methyl/N-ethyl adjacent to an activating group) is 1. The molecule has 2 nitrogen and oxygen atoms in total. The smallest absolute Gasteiger partial charge is 0.0365 e. The van der Waals surface area contributed by atoms with Crippen molar-refractivity contribution in [3.63, 3.8) is 0 Å². The van der Waals surface area contributed by atoms with E-state index in [9.17, 15) is 0 Å². The van der Waals surface area contributed by atoms with E-state index in [1.807, 2.05) is 0 Å². The van der Waals surface area contributed by atoms with Gasteiger partial charge in [0.2, 0.25) is 0 Å². The van der Waals surface area contributed by atoms with Crippen molar-refractivity contribution in [1.82, 2.24) is 10.2 Å². The van der Waals surface area contributed by atoms with Gasteiger partial charge >= 0.3 is 0 Å². The first-order chi connectivity index (χ1) is 10.2. The number of nitrogens with one attached hydrogen (secondary N) is 1. The van der Waals surface area contributed by atoms with Gasteiger partial charge < -0.3 is 5.32 Å². The van der Waals surface area contributed by atoms with Gasteiger partial charge in [0, 0.05) is 11.6 Å². The predicted molar refractivity (Wildman–Crippen MR) is 90.5 cm³/mol. The molecule has 122 valence electrons. The topological polar surface area (TPSA) is 15.3 Å². The van der Waals surface area contributed by atoms with Crippen LogP contribution in [0.3, 0.4) is 0 Å². The maximum Gasteiger partial charge on any atom is 0.0365 e. The Bertz CT molecular complexity index is 328. The molecule has 0 amide bonds. The summed E-state index contributed by atoms with van der Waals surface area (Å²) < 4.78 is 0. The highest BCUT2D eigenvalue weighted by Gasteiger charge is 2.49. The number of hydrogen-bond donors (Lipinski definition) is 1. The second-order valence-electron chi connectivity index (χ2n) is 8.30. The number of rotatable bonds is 4. The monoisotopic (exact) mass is 292 g/mol. The summed E-state index contributed by atoms with van der Waals surface area (Å²) in [5, 5.41) is 3.83. The zero-order valence-corrected chi connectivity index (χ0v) is 14.5. The van der Waals surface area contributed by atoms with E-state index < -0.39 is 0 Å². The number of likely N-dealkylation sites (tertiary alicyclic amines) is 1. The van der Waals surface area contributed by atoms with Crippen LogP contribution in [0.5, 0.6) is 0 Å². The van der Waals surface area contributed by atoms with Gasteiger partial charge in [0.1, 0.15) is 0 Å². The van der Waals surface area contributed by atoms with Crippen molar-refractivity contribution in [3.05, 3.63) is 0 Å². The maximum atomic E-state index is 3.83. The lowest BCUT2D eigenvalue weighted by Gasteiger charge is -2.50. The minimum absolute atomic E-state index is 0.496. The predicted octanol–water partition coefficient (Wildman–Crippen LogP) is 4.06. The zero-order valence-electron chi connectivity index (χ0n) is 14.5. The molecule has 0 spiro atoms. The van der Waals surface area contributed by atoms with Gasteiger partial charge in [-0.15, -0.1) is 0 Å². The Labute approximate surface area is 132 Å². The van der Waals surface area contributed by atoms with E-state index in [2.05, 4.69) is 31.1 Å². The summed E-state index contributed by atoms with van der Waals surface area (Å²) in [4.78, 5) is 2.89. The van der Waals surface area contributed by atoms with Gasteiger partial charge in [-0.25, -0.2) is 0 Å². The van der Waals surface area contributed by atoms with Crippen molar-refractivity contribution in [2.24, 2.45) is 17.8 Å². The van der Waals surface area contributed by atoms with Crippen molar-refractivity contribution < 1.29 is 0 Å². The third kappa shape index (κ3) is 2.91. The van der Waals surface area contributed by atoms with E-state index in [1.54, 1.807) is 0 Å². The first-order valence-corrected chi connectivity index (χ1v) is 9.59. The molecule has 1 N–H and O–H groups in total. The highest BCUT2D eigenvalue weighted by atomic mass is 15.2. The van der Waals surface area contributed by atoms with Crippen LogP contribution < -0.4 is 5.32 Å². The molecule has 1 saturated heterocycles. The summed E-state index contributed by atoms with van der Waals surface area (Å²) in [7, 11) is 2.24. The minimum atomic E-state index is 0.496. The molecule has 1 aliphatic heterocycles. The zero-order chi connectivity index (χ0) is 14.9. The minimum Gasteiger partial charge on any atom is -0.315 e. The number of hydrogen-bond acceptors (Lipinski definition) is 2. The summed E-state index contributed by atoms with van der Waals surface area (Å²) in [5.41, 5.74) is 0.496. The Kier molecular flexibility index (Phi) is 4.95. The van der Waals surface area contributed by atoms with Crippen LogP contribution in [-0.2, 0) is 0 Å². The van der Waals surface area contributed by atoms with Gasteiger partial charge in [0.05, 0.1) is 0 Å². The van der Waals surface area contributed by atoms with E-state index in [4.69, 9.17) is 0 Å². The normalized spacial score (nSPS) is 38.7. The molecule has 0 aromatic heterocycles. The Morgan fingerprint density at radius 1 is 0.952 bits per heavy atom. The molecule has 3 rings (SSSR count). The first-order valence-electron chi connectivity index (χ1n) is 9.59. The molecule has 4 atom stereocenters. The Morgan fingerprint density at radius 3 is 2.19 bits per heavy atom. The number of nitrogens with zero attached hydrogens (tertiary/aromatic N) is 1. The standard InChI is InChI=1S/C19H36N2/c1-15-8-9-17(14-16(15)2)18(20-3)19(10-4-5-11-19)21-12-6-7-13-21/h15-18,20H,4-14H2,1-3H3. The van der Waals surface area contributed by atoms with Gasteiger partial charge in [0.15, 0.2) is 0 Å². The Morgan fingerprint density at radius 2 is 1.62 bits per heavy atom. The van der Waals surface area contributed by atoms with Crippen LogP contribution in [0.2, 0.25) is 0 Å². The highest BCUT2D eigenvalue weighted by molar-refractivity contribution is 5.07. The molecule has 0 aromatic carbocycles. The van der Waals surface area contributed by atoms with Crippen LogP contribution in [0.1, 0.15) is 71.6 Å². The second kappa shape index (κ2) is 6.58. The van der Waals surface area contributed by atoms with Gasteiger partial charge in [0.25, 0.3) is 0 Å². The average Bonchev–Trinajstić information content (AvgIpc) is 3.15. The molecular weight excluding hydrogens is 256 g/mol. The first kappa shape index (κ1) is 15.8. The van der Waals surface area contributed by atoms with Crippen LogP contribution >= 0.6 is 0 Å². The van der Waals surface area contributed by atoms with Crippen molar-refractivity contribution >= 4 is 0 Å². The van der Waals surface area contributed by atoms with Crippen molar-refractivity contribution in [2.45, 2.75) is 83.2 Å². The van der Waals surface area contributed by atoms with Crippen LogP contribution in [0.15, 0.2) is 0 Å². The molecule has 21 heavy (non-hydrogen) atoms. The lowest BCUT2D eigenvalue weighted by Crippen LogP contribution is -2.61. The van der Waals surface area contributed by atoms with Crippen molar-refractivity contribution in [1.29, 1.82) is 0 Å².